The van der Waals surface area contributed by atoms with Crippen molar-refractivity contribution < 1.29 is 9.18 Å². The molecule has 0 bridgehead atoms. The summed E-state index contributed by atoms with van der Waals surface area (Å²) in [4.78, 5) is 19.2. The Morgan fingerprint density at radius 1 is 1.19 bits per heavy atom. The van der Waals surface area contributed by atoms with E-state index < -0.39 is 0 Å². The molecule has 3 rings (SSSR count). The summed E-state index contributed by atoms with van der Waals surface area (Å²) < 4.78 is 13.1. The number of amides is 1. The first-order chi connectivity index (χ1) is 13.0. The average Bonchev–Trinajstić information content (AvgIpc) is 3.16. The molecule has 0 fully saturated rings. The third-order valence-electron chi connectivity index (χ3n) is 4.13. The summed E-state index contributed by atoms with van der Waals surface area (Å²) in [5.41, 5.74) is 2.69. The molecule has 136 valence electrons. The second-order valence-corrected chi connectivity index (χ2v) is 7.24. The van der Waals surface area contributed by atoms with E-state index in [-0.39, 0.29) is 17.8 Å². The van der Waals surface area contributed by atoms with E-state index in [4.69, 9.17) is 5.26 Å². The second-order valence-electron chi connectivity index (χ2n) is 6.38. The minimum absolute atomic E-state index is 0.0101. The Morgan fingerprint density at radius 2 is 1.85 bits per heavy atom. The number of nitriles is 1. The number of hydrogen-bond acceptors (Lipinski definition) is 4. The molecular weight excluding hydrogens is 361 g/mol. The van der Waals surface area contributed by atoms with Crippen LogP contribution in [0.1, 0.15) is 35.5 Å². The Balaban J connectivity index is 1.80. The zero-order chi connectivity index (χ0) is 19.4. The van der Waals surface area contributed by atoms with Gasteiger partial charge in [-0.3, -0.25) is 4.79 Å². The molecule has 0 radical (unpaired) electrons. The van der Waals surface area contributed by atoms with Gasteiger partial charge in [0.25, 0.3) is 5.91 Å². The van der Waals surface area contributed by atoms with Crippen LogP contribution in [0.15, 0.2) is 53.9 Å². The van der Waals surface area contributed by atoms with Crippen LogP contribution in [0, 0.1) is 17.1 Å². The molecule has 0 N–H and O–H groups in total. The van der Waals surface area contributed by atoms with E-state index in [0.717, 1.165) is 11.1 Å². The molecule has 4 nitrogen and oxygen atoms in total. The summed E-state index contributed by atoms with van der Waals surface area (Å²) in [5, 5.41) is 11.3. The molecule has 0 aliphatic rings. The van der Waals surface area contributed by atoms with Crippen molar-refractivity contribution in [3.05, 3.63) is 76.5 Å². The van der Waals surface area contributed by atoms with Crippen molar-refractivity contribution in [1.29, 1.82) is 5.26 Å². The predicted octanol–water partition coefficient (Wildman–Crippen LogP) is 4.87. The van der Waals surface area contributed by atoms with Gasteiger partial charge in [0.1, 0.15) is 16.5 Å². The quantitative estimate of drug-likeness (QED) is 0.635. The number of hydrogen-bond donors (Lipinski definition) is 0. The summed E-state index contributed by atoms with van der Waals surface area (Å²) in [7, 11) is 0. The first-order valence-corrected chi connectivity index (χ1v) is 9.37. The molecule has 1 heterocycles. The average molecular weight is 379 g/mol. The van der Waals surface area contributed by atoms with Crippen LogP contribution in [-0.4, -0.2) is 21.8 Å². The zero-order valence-corrected chi connectivity index (χ0v) is 15.8. The van der Waals surface area contributed by atoms with Crippen molar-refractivity contribution in [2.24, 2.45) is 0 Å². The smallest absolute Gasteiger partial charge is 0.273 e. The first-order valence-electron chi connectivity index (χ1n) is 8.49. The van der Waals surface area contributed by atoms with Crippen LogP contribution in [0.4, 0.5) is 4.39 Å². The van der Waals surface area contributed by atoms with Crippen molar-refractivity contribution in [1.82, 2.24) is 9.88 Å². The molecule has 0 spiro atoms. The second kappa shape index (κ2) is 8.11. The largest absolute Gasteiger partial charge is 0.331 e. The SMILES string of the molecule is CC(C)N(Cc1ccc(C#N)cc1)C(=O)c1csc(-c2ccc(F)cc2)n1. The number of carbonyl (C=O) groups is 1. The highest BCUT2D eigenvalue weighted by atomic mass is 32.1. The summed E-state index contributed by atoms with van der Waals surface area (Å²) in [6.45, 7) is 4.34. The normalized spacial score (nSPS) is 10.6. The van der Waals surface area contributed by atoms with Crippen LogP contribution in [0.5, 0.6) is 0 Å². The van der Waals surface area contributed by atoms with E-state index >= 15 is 0 Å². The Morgan fingerprint density at radius 3 is 2.44 bits per heavy atom. The number of carbonyl (C=O) groups excluding carboxylic acids is 1. The summed E-state index contributed by atoms with van der Waals surface area (Å²) in [6.07, 6.45) is 0. The summed E-state index contributed by atoms with van der Waals surface area (Å²) in [5.74, 6) is -0.459. The Bertz CT molecular complexity index is 972. The first kappa shape index (κ1) is 18.7. The van der Waals surface area contributed by atoms with Gasteiger partial charge >= 0.3 is 0 Å². The minimum atomic E-state index is -0.306. The Hall–Kier alpha value is -3.04. The van der Waals surface area contributed by atoms with Crippen molar-refractivity contribution in [3.8, 4) is 16.6 Å². The van der Waals surface area contributed by atoms with Crippen LogP contribution in [0.25, 0.3) is 10.6 Å². The number of halogens is 1. The van der Waals surface area contributed by atoms with E-state index in [9.17, 15) is 9.18 Å². The maximum absolute atomic E-state index is 13.1. The lowest BCUT2D eigenvalue weighted by Crippen LogP contribution is -2.36. The maximum atomic E-state index is 13.1. The Labute approximate surface area is 161 Å². The molecule has 1 aromatic heterocycles. The van der Waals surface area contributed by atoms with Crippen molar-refractivity contribution in [2.45, 2.75) is 26.4 Å². The van der Waals surface area contributed by atoms with Gasteiger partial charge in [-0.15, -0.1) is 11.3 Å². The third kappa shape index (κ3) is 4.39. The molecule has 27 heavy (non-hydrogen) atoms. The monoisotopic (exact) mass is 379 g/mol. The molecule has 0 saturated carbocycles. The fourth-order valence-electron chi connectivity index (χ4n) is 2.61. The fourth-order valence-corrected chi connectivity index (χ4v) is 3.41. The van der Waals surface area contributed by atoms with Crippen LogP contribution in [0.2, 0.25) is 0 Å². The van der Waals surface area contributed by atoms with Gasteiger partial charge in [-0.25, -0.2) is 9.37 Å². The maximum Gasteiger partial charge on any atom is 0.273 e. The van der Waals surface area contributed by atoms with Crippen molar-refractivity contribution in [2.75, 3.05) is 0 Å². The number of benzene rings is 2. The number of nitrogens with zero attached hydrogens (tertiary/aromatic N) is 3. The predicted molar refractivity (Wildman–Crippen MR) is 104 cm³/mol. The fraction of sp³-hybridized carbons (Fsp3) is 0.190. The van der Waals surface area contributed by atoms with Crippen LogP contribution >= 0.6 is 11.3 Å². The molecule has 0 unspecified atom stereocenters. The van der Waals surface area contributed by atoms with Gasteiger partial charge in [-0.1, -0.05) is 12.1 Å². The van der Waals surface area contributed by atoms with E-state index in [2.05, 4.69) is 11.1 Å². The lowest BCUT2D eigenvalue weighted by atomic mass is 10.1. The van der Waals surface area contributed by atoms with Gasteiger partial charge in [0.15, 0.2) is 0 Å². The molecule has 0 atom stereocenters. The van der Waals surface area contributed by atoms with Crippen molar-refractivity contribution >= 4 is 17.2 Å². The van der Waals surface area contributed by atoms with Gasteiger partial charge in [-0.2, -0.15) is 5.26 Å². The molecule has 3 aromatic rings. The minimum Gasteiger partial charge on any atom is -0.331 e. The highest BCUT2D eigenvalue weighted by Crippen LogP contribution is 2.25. The number of aromatic nitrogens is 1. The lowest BCUT2D eigenvalue weighted by molar-refractivity contribution is 0.0685. The summed E-state index contributed by atoms with van der Waals surface area (Å²) in [6, 6.07) is 15.3. The molecule has 0 aliphatic heterocycles. The number of rotatable bonds is 5. The topological polar surface area (TPSA) is 57.0 Å². The van der Waals surface area contributed by atoms with Crippen LogP contribution in [0.3, 0.4) is 0 Å². The zero-order valence-electron chi connectivity index (χ0n) is 15.0. The number of thiazole rings is 1. The van der Waals surface area contributed by atoms with E-state index in [1.807, 2.05) is 26.0 Å². The standard InChI is InChI=1S/C21H18FN3OS/c1-14(2)25(12-16-5-3-15(11-23)4-6-16)21(26)19-13-27-20(24-19)17-7-9-18(22)10-8-17/h3-10,13-14H,12H2,1-2H3. The molecule has 2 aromatic carbocycles. The summed E-state index contributed by atoms with van der Waals surface area (Å²) >= 11 is 1.36. The van der Waals surface area contributed by atoms with Gasteiger partial charge < -0.3 is 4.90 Å². The van der Waals surface area contributed by atoms with E-state index in [0.29, 0.717) is 22.8 Å². The lowest BCUT2D eigenvalue weighted by Gasteiger charge is -2.26. The van der Waals surface area contributed by atoms with Crippen LogP contribution in [-0.2, 0) is 6.54 Å². The van der Waals surface area contributed by atoms with Crippen molar-refractivity contribution in [3.63, 3.8) is 0 Å². The molecule has 0 aliphatic carbocycles. The Kier molecular flexibility index (Phi) is 5.63. The van der Waals surface area contributed by atoms with Gasteiger partial charge in [0, 0.05) is 23.5 Å². The molecular formula is C21H18FN3OS. The van der Waals surface area contributed by atoms with Gasteiger partial charge in [0.05, 0.1) is 11.6 Å². The molecule has 6 heteroatoms. The third-order valence-corrected chi connectivity index (χ3v) is 5.03. The van der Waals surface area contributed by atoms with Gasteiger partial charge in [-0.05, 0) is 55.8 Å². The highest BCUT2D eigenvalue weighted by molar-refractivity contribution is 7.13. The van der Waals surface area contributed by atoms with Crippen LogP contribution < -0.4 is 0 Å². The molecule has 1 amide bonds. The molecule has 0 saturated heterocycles. The van der Waals surface area contributed by atoms with Gasteiger partial charge in [0.2, 0.25) is 0 Å². The van der Waals surface area contributed by atoms with E-state index in [1.54, 1.807) is 34.5 Å². The van der Waals surface area contributed by atoms with E-state index in [1.165, 1.54) is 23.5 Å². The highest BCUT2D eigenvalue weighted by Gasteiger charge is 2.22.